The second kappa shape index (κ2) is 8.03. The SMILES string of the molecule is COC(=O)c1ccc(C)c(NC(=O)[C@H]2CC(=O)N(Cc3ccccc3)C2)c1. The van der Waals surface area contributed by atoms with Gasteiger partial charge in [0, 0.05) is 25.2 Å². The van der Waals surface area contributed by atoms with Crippen LogP contribution in [-0.4, -0.2) is 36.3 Å². The molecule has 3 rings (SSSR count). The molecule has 0 spiro atoms. The minimum absolute atomic E-state index is 0.0287. The number of carbonyl (C=O) groups is 3. The number of aryl methyl sites for hydroxylation is 1. The molecule has 1 fully saturated rings. The number of benzene rings is 2. The Labute approximate surface area is 158 Å². The molecule has 0 aromatic heterocycles. The van der Waals surface area contributed by atoms with Gasteiger partial charge in [-0.25, -0.2) is 4.79 Å². The second-order valence-corrected chi connectivity index (χ2v) is 6.67. The van der Waals surface area contributed by atoms with E-state index in [0.717, 1.165) is 11.1 Å². The van der Waals surface area contributed by atoms with Gasteiger partial charge in [-0.1, -0.05) is 36.4 Å². The Hall–Kier alpha value is -3.15. The van der Waals surface area contributed by atoms with Gasteiger partial charge in [0.2, 0.25) is 11.8 Å². The number of ether oxygens (including phenoxy) is 1. The Balaban J connectivity index is 1.67. The van der Waals surface area contributed by atoms with Crippen molar-refractivity contribution in [1.82, 2.24) is 4.90 Å². The maximum absolute atomic E-state index is 12.7. The average Bonchev–Trinajstić information content (AvgIpc) is 3.04. The lowest BCUT2D eigenvalue weighted by Crippen LogP contribution is -2.28. The third-order valence-electron chi connectivity index (χ3n) is 4.72. The second-order valence-electron chi connectivity index (χ2n) is 6.67. The molecule has 6 heteroatoms. The van der Waals surface area contributed by atoms with Crippen molar-refractivity contribution >= 4 is 23.5 Å². The minimum Gasteiger partial charge on any atom is -0.465 e. The minimum atomic E-state index is -0.462. The van der Waals surface area contributed by atoms with Crippen LogP contribution in [0.25, 0.3) is 0 Å². The number of nitrogens with one attached hydrogen (secondary N) is 1. The molecule has 1 aliphatic heterocycles. The molecular weight excluding hydrogens is 344 g/mol. The maximum atomic E-state index is 12.7. The number of esters is 1. The van der Waals surface area contributed by atoms with Crippen molar-refractivity contribution in [3.05, 3.63) is 65.2 Å². The van der Waals surface area contributed by atoms with Gasteiger partial charge in [0.25, 0.3) is 0 Å². The molecule has 2 aromatic rings. The summed E-state index contributed by atoms with van der Waals surface area (Å²) in [6, 6.07) is 14.7. The highest BCUT2D eigenvalue weighted by Gasteiger charge is 2.34. The van der Waals surface area contributed by atoms with E-state index in [-0.39, 0.29) is 18.2 Å². The Morgan fingerprint density at radius 2 is 1.93 bits per heavy atom. The Kier molecular flexibility index (Phi) is 5.54. The highest BCUT2D eigenvalue weighted by molar-refractivity contribution is 5.99. The van der Waals surface area contributed by atoms with Crippen molar-refractivity contribution in [2.24, 2.45) is 5.92 Å². The molecule has 2 aromatic carbocycles. The number of rotatable bonds is 5. The van der Waals surface area contributed by atoms with E-state index < -0.39 is 11.9 Å². The molecule has 6 nitrogen and oxygen atoms in total. The van der Waals surface area contributed by atoms with Gasteiger partial charge < -0.3 is 15.0 Å². The molecule has 2 amide bonds. The first-order valence-electron chi connectivity index (χ1n) is 8.79. The van der Waals surface area contributed by atoms with E-state index in [9.17, 15) is 14.4 Å². The number of methoxy groups -OCH3 is 1. The lowest BCUT2D eigenvalue weighted by atomic mass is 10.1. The number of hydrogen-bond acceptors (Lipinski definition) is 4. The lowest BCUT2D eigenvalue weighted by molar-refractivity contribution is -0.128. The standard InChI is InChI=1S/C21H22N2O4/c1-14-8-9-16(21(26)27-2)10-18(14)22-20(25)17-11-19(24)23(13-17)12-15-6-4-3-5-7-15/h3-10,17H,11-13H2,1-2H3,(H,22,25)/t17-/m0/s1. The molecule has 0 radical (unpaired) electrons. The normalized spacial score (nSPS) is 16.3. The van der Waals surface area contributed by atoms with Crippen LogP contribution in [0, 0.1) is 12.8 Å². The molecule has 1 aliphatic rings. The fraction of sp³-hybridized carbons (Fsp3) is 0.286. The van der Waals surface area contributed by atoms with Gasteiger partial charge in [-0.05, 0) is 30.2 Å². The molecule has 1 N–H and O–H groups in total. The summed E-state index contributed by atoms with van der Waals surface area (Å²) in [6.45, 7) is 2.73. The molecule has 0 bridgehead atoms. The van der Waals surface area contributed by atoms with Crippen LogP contribution in [0.3, 0.4) is 0 Å². The zero-order chi connectivity index (χ0) is 19.4. The summed E-state index contributed by atoms with van der Waals surface area (Å²) in [5.74, 6) is -1.12. The van der Waals surface area contributed by atoms with Crippen LogP contribution in [0.15, 0.2) is 48.5 Å². The average molecular weight is 366 g/mol. The first kappa shape index (κ1) is 18.6. The molecule has 0 saturated carbocycles. The van der Waals surface area contributed by atoms with E-state index in [2.05, 4.69) is 5.32 Å². The molecule has 0 unspecified atom stereocenters. The number of carbonyl (C=O) groups excluding carboxylic acids is 3. The van der Waals surface area contributed by atoms with Crippen molar-refractivity contribution in [3.8, 4) is 0 Å². The van der Waals surface area contributed by atoms with Crippen LogP contribution in [0.1, 0.15) is 27.9 Å². The summed E-state index contributed by atoms with van der Waals surface area (Å²) in [7, 11) is 1.31. The topological polar surface area (TPSA) is 75.7 Å². The monoisotopic (exact) mass is 366 g/mol. The lowest BCUT2D eigenvalue weighted by Gasteiger charge is -2.17. The highest BCUT2D eigenvalue weighted by atomic mass is 16.5. The van der Waals surface area contributed by atoms with Gasteiger partial charge in [0.1, 0.15) is 0 Å². The van der Waals surface area contributed by atoms with E-state index in [0.29, 0.717) is 24.3 Å². The zero-order valence-electron chi connectivity index (χ0n) is 15.4. The van der Waals surface area contributed by atoms with Gasteiger partial charge in [0.05, 0.1) is 18.6 Å². The Bertz CT molecular complexity index is 864. The molecule has 1 saturated heterocycles. The summed E-state index contributed by atoms with van der Waals surface area (Å²) in [6.07, 6.45) is 0.189. The Morgan fingerprint density at radius 1 is 1.19 bits per heavy atom. The van der Waals surface area contributed by atoms with Crippen LogP contribution in [0.4, 0.5) is 5.69 Å². The molecule has 0 aliphatic carbocycles. The predicted octanol–water partition coefficient (Wildman–Crippen LogP) is 2.77. The van der Waals surface area contributed by atoms with Gasteiger partial charge in [-0.15, -0.1) is 0 Å². The number of amides is 2. The smallest absolute Gasteiger partial charge is 0.337 e. The number of nitrogens with zero attached hydrogens (tertiary/aromatic N) is 1. The third-order valence-corrected chi connectivity index (χ3v) is 4.72. The van der Waals surface area contributed by atoms with Crippen LogP contribution in [0.5, 0.6) is 0 Å². The van der Waals surface area contributed by atoms with E-state index in [1.807, 2.05) is 37.3 Å². The van der Waals surface area contributed by atoms with Gasteiger partial charge in [-0.3, -0.25) is 9.59 Å². The van der Waals surface area contributed by atoms with Gasteiger partial charge in [-0.2, -0.15) is 0 Å². The van der Waals surface area contributed by atoms with Gasteiger partial charge in [0.15, 0.2) is 0 Å². The van der Waals surface area contributed by atoms with Crippen molar-refractivity contribution in [3.63, 3.8) is 0 Å². The Morgan fingerprint density at radius 3 is 2.63 bits per heavy atom. The summed E-state index contributed by atoms with van der Waals surface area (Å²) < 4.78 is 4.72. The summed E-state index contributed by atoms with van der Waals surface area (Å²) in [4.78, 5) is 38.3. The summed E-state index contributed by atoms with van der Waals surface area (Å²) in [5, 5.41) is 2.85. The maximum Gasteiger partial charge on any atom is 0.337 e. The van der Waals surface area contributed by atoms with Crippen LogP contribution in [0.2, 0.25) is 0 Å². The summed E-state index contributed by atoms with van der Waals surface area (Å²) in [5.41, 5.74) is 2.79. The van der Waals surface area contributed by atoms with E-state index in [1.165, 1.54) is 7.11 Å². The van der Waals surface area contributed by atoms with Crippen LogP contribution in [-0.2, 0) is 20.9 Å². The molecular formula is C21H22N2O4. The molecule has 1 atom stereocenters. The first-order chi connectivity index (χ1) is 13.0. The molecule has 27 heavy (non-hydrogen) atoms. The quantitative estimate of drug-likeness (QED) is 0.826. The zero-order valence-corrected chi connectivity index (χ0v) is 15.4. The third kappa shape index (κ3) is 4.34. The fourth-order valence-electron chi connectivity index (χ4n) is 3.14. The highest BCUT2D eigenvalue weighted by Crippen LogP contribution is 2.24. The number of likely N-dealkylation sites (tertiary alicyclic amines) is 1. The first-order valence-corrected chi connectivity index (χ1v) is 8.79. The number of anilines is 1. The molecule has 1 heterocycles. The van der Waals surface area contributed by atoms with Crippen molar-refractivity contribution in [2.75, 3.05) is 19.0 Å². The van der Waals surface area contributed by atoms with E-state index >= 15 is 0 Å². The van der Waals surface area contributed by atoms with Crippen molar-refractivity contribution in [1.29, 1.82) is 0 Å². The van der Waals surface area contributed by atoms with Crippen LogP contribution < -0.4 is 5.32 Å². The fourth-order valence-corrected chi connectivity index (χ4v) is 3.14. The van der Waals surface area contributed by atoms with E-state index in [4.69, 9.17) is 4.74 Å². The predicted molar refractivity (Wildman–Crippen MR) is 101 cm³/mol. The van der Waals surface area contributed by atoms with E-state index in [1.54, 1.807) is 23.1 Å². The summed E-state index contributed by atoms with van der Waals surface area (Å²) >= 11 is 0. The van der Waals surface area contributed by atoms with Crippen LogP contribution >= 0.6 is 0 Å². The largest absolute Gasteiger partial charge is 0.465 e. The number of hydrogen-bond donors (Lipinski definition) is 1. The van der Waals surface area contributed by atoms with Crippen molar-refractivity contribution < 1.29 is 19.1 Å². The molecule has 140 valence electrons. The van der Waals surface area contributed by atoms with Gasteiger partial charge >= 0.3 is 5.97 Å². The van der Waals surface area contributed by atoms with Crippen molar-refractivity contribution in [2.45, 2.75) is 19.9 Å².